The van der Waals surface area contributed by atoms with E-state index in [4.69, 9.17) is 27.9 Å². The van der Waals surface area contributed by atoms with E-state index in [9.17, 15) is 9.59 Å². The Hall–Kier alpha value is -2.52. The molecule has 0 bridgehead atoms. The molecule has 0 spiro atoms. The highest BCUT2D eigenvalue weighted by molar-refractivity contribution is 6.42. The van der Waals surface area contributed by atoms with Gasteiger partial charge < -0.3 is 14.5 Å². The molecule has 2 aromatic rings. The number of carbonyl (C=O) groups is 2. The average Bonchev–Trinajstić information content (AvgIpc) is 3.22. The third-order valence-electron chi connectivity index (χ3n) is 6.81. The normalized spacial score (nSPS) is 27.1. The van der Waals surface area contributed by atoms with E-state index in [2.05, 4.69) is 22.0 Å². The van der Waals surface area contributed by atoms with Gasteiger partial charge in [-0.05, 0) is 47.9 Å². The lowest BCUT2D eigenvalue weighted by Crippen LogP contribution is -2.66. The summed E-state index contributed by atoms with van der Waals surface area (Å²) in [6, 6.07) is 12.2. The SMILES string of the molecule is COc1ccc(N2CC(C)CN3C4C(=O)N(Cc5ccc(Cl)c(Cl)c5)C(=O)N(C)C4NC23)cc1. The fourth-order valence-corrected chi connectivity index (χ4v) is 5.48. The summed E-state index contributed by atoms with van der Waals surface area (Å²) in [5.41, 5.74) is 1.78. The minimum absolute atomic E-state index is 0.137. The number of likely N-dealkylation sites (N-methyl/N-ethyl adjacent to an activating group) is 1. The van der Waals surface area contributed by atoms with Crippen LogP contribution in [0, 0.1) is 5.92 Å². The predicted molar refractivity (Wildman–Crippen MR) is 131 cm³/mol. The number of benzene rings is 2. The Balaban J connectivity index is 1.44. The van der Waals surface area contributed by atoms with Crippen molar-refractivity contribution in [2.75, 3.05) is 32.1 Å². The van der Waals surface area contributed by atoms with Crippen molar-refractivity contribution in [1.82, 2.24) is 20.0 Å². The Bertz CT molecular complexity index is 1110. The topological polar surface area (TPSA) is 68.4 Å². The largest absolute Gasteiger partial charge is 0.497 e. The molecule has 4 unspecified atom stereocenters. The van der Waals surface area contributed by atoms with Crippen LogP contribution in [-0.4, -0.2) is 72.4 Å². The van der Waals surface area contributed by atoms with Crippen LogP contribution in [0.15, 0.2) is 42.5 Å². The summed E-state index contributed by atoms with van der Waals surface area (Å²) >= 11 is 12.2. The third-order valence-corrected chi connectivity index (χ3v) is 7.55. The maximum Gasteiger partial charge on any atom is 0.328 e. The number of imide groups is 1. The number of rotatable bonds is 4. The van der Waals surface area contributed by atoms with Crippen LogP contribution in [0.25, 0.3) is 0 Å². The fraction of sp³-hybridized carbons (Fsp3) is 0.417. The molecular weight excluding hydrogens is 477 g/mol. The monoisotopic (exact) mass is 503 g/mol. The molecule has 2 aromatic carbocycles. The zero-order valence-electron chi connectivity index (χ0n) is 19.2. The van der Waals surface area contributed by atoms with Gasteiger partial charge in [0.25, 0.3) is 5.91 Å². The summed E-state index contributed by atoms with van der Waals surface area (Å²) in [5, 5.41) is 4.37. The second-order valence-corrected chi connectivity index (χ2v) is 9.96. The number of amides is 3. The molecule has 0 saturated carbocycles. The van der Waals surface area contributed by atoms with Gasteiger partial charge in [0.15, 0.2) is 0 Å². The average molecular weight is 504 g/mol. The number of anilines is 1. The summed E-state index contributed by atoms with van der Waals surface area (Å²) in [6.45, 7) is 3.90. The highest BCUT2D eigenvalue weighted by Crippen LogP contribution is 2.35. The Labute approximate surface area is 208 Å². The zero-order chi connectivity index (χ0) is 24.1. The number of ether oxygens (including phenoxy) is 1. The Kier molecular flexibility index (Phi) is 6.10. The summed E-state index contributed by atoms with van der Waals surface area (Å²) in [4.78, 5) is 34.3. The van der Waals surface area contributed by atoms with E-state index in [1.54, 1.807) is 37.3 Å². The molecule has 3 heterocycles. The third kappa shape index (κ3) is 3.88. The highest BCUT2D eigenvalue weighted by Gasteiger charge is 2.56. The number of fused-ring (bicyclic) bond motifs is 3. The number of hydrogen-bond donors (Lipinski definition) is 1. The van der Waals surface area contributed by atoms with Gasteiger partial charge in [-0.15, -0.1) is 0 Å². The van der Waals surface area contributed by atoms with Gasteiger partial charge in [0.1, 0.15) is 24.2 Å². The van der Waals surface area contributed by atoms with Gasteiger partial charge in [0.05, 0.1) is 23.7 Å². The van der Waals surface area contributed by atoms with Crippen molar-refractivity contribution in [2.45, 2.75) is 32.0 Å². The first-order chi connectivity index (χ1) is 16.3. The van der Waals surface area contributed by atoms with E-state index in [1.165, 1.54) is 4.90 Å². The summed E-state index contributed by atoms with van der Waals surface area (Å²) < 4.78 is 5.30. The molecule has 0 aliphatic carbocycles. The van der Waals surface area contributed by atoms with Crippen LogP contribution in [0.3, 0.4) is 0 Å². The number of nitrogens with one attached hydrogen (secondary N) is 1. The minimum Gasteiger partial charge on any atom is -0.497 e. The first kappa shape index (κ1) is 23.2. The van der Waals surface area contributed by atoms with Gasteiger partial charge in [0.2, 0.25) is 0 Å². The van der Waals surface area contributed by atoms with E-state index in [0.29, 0.717) is 16.0 Å². The lowest BCUT2D eigenvalue weighted by Gasteiger charge is -2.46. The van der Waals surface area contributed by atoms with E-state index in [1.807, 2.05) is 24.3 Å². The molecule has 5 rings (SSSR count). The van der Waals surface area contributed by atoms with Crippen LogP contribution >= 0.6 is 23.2 Å². The van der Waals surface area contributed by atoms with Crippen LogP contribution < -0.4 is 15.0 Å². The first-order valence-corrected chi connectivity index (χ1v) is 12.0. The van der Waals surface area contributed by atoms with Crippen molar-refractivity contribution in [1.29, 1.82) is 0 Å². The van der Waals surface area contributed by atoms with E-state index in [-0.39, 0.29) is 24.8 Å². The van der Waals surface area contributed by atoms with Gasteiger partial charge in [-0.3, -0.25) is 19.9 Å². The van der Waals surface area contributed by atoms with Crippen molar-refractivity contribution in [3.8, 4) is 5.75 Å². The molecule has 1 N–H and O–H groups in total. The number of nitrogens with zero attached hydrogens (tertiary/aromatic N) is 4. The molecule has 3 aliphatic heterocycles. The summed E-state index contributed by atoms with van der Waals surface area (Å²) in [5.74, 6) is 0.910. The molecule has 10 heteroatoms. The number of hydrogen-bond acceptors (Lipinski definition) is 6. The quantitative estimate of drug-likeness (QED) is 0.689. The van der Waals surface area contributed by atoms with Crippen molar-refractivity contribution >= 4 is 40.8 Å². The molecule has 34 heavy (non-hydrogen) atoms. The zero-order valence-corrected chi connectivity index (χ0v) is 20.8. The summed E-state index contributed by atoms with van der Waals surface area (Å²) in [6.07, 6.45) is -0.621. The van der Waals surface area contributed by atoms with Gasteiger partial charge in [-0.25, -0.2) is 4.79 Å². The standard InChI is InChI=1S/C24H27Cl2N5O3/c1-14-11-29(16-5-7-17(34-3)8-6-16)23-27-21-20(30(23)12-14)22(32)31(24(33)28(21)2)13-15-4-9-18(25)19(26)10-15/h4-10,14,20-21,23,27H,11-13H2,1-3H3. The number of halogens is 2. The van der Waals surface area contributed by atoms with Gasteiger partial charge in [0, 0.05) is 25.8 Å². The van der Waals surface area contributed by atoms with Crippen LogP contribution in [-0.2, 0) is 11.3 Å². The van der Waals surface area contributed by atoms with Crippen LogP contribution in [0.5, 0.6) is 5.75 Å². The van der Waals surface area contributed by atoms with Crippen LogP contribution in [0.2, 0.25) is 10.0 Å². The fourth-order valence-electron chi connectivity index (χ4n) is 5.16. The molecule has 3 amide bonds. The van der Waals surface area contributed by atoms with E-state index >= 15 is 0 Å². The Morgan fingerprint density at radius 3 is 2.47 bits per heavy atom. The highest BCUT2D eigenvalue weighted by atomic mass is 35.5. The van der Waals surface area contributed by atoms with E-state index < -0.39 is 12.2 Å². The lowest BCUT2D eigenvalue weighted by atomic mass is 10.0. The van der Waals surface area contributed by atoms with Crippen molar-refractivity contribution in [3.63, 3.8) is 0 Å². The van der Waals surface area contributed by atoms with E-state index in [0.717, 1.165) is 30.1 Å². The maximum absolute atomic E-state index is 13.7. The first-order valence-electron chi connectivity index (χ1n) is 11.2. The van der Waals surface area contributed by atoms with Gasteiger partial charge >= 0.3 is 6.03 Å². The van der Waals surface area contributed by atoms with Gasteiger partial charge in [-0.2, -0.15) is 0 Å². The number of urea groups is 1. The summed E-state index contributed by atoms with van der Waals surface area (Å²) in [7, 11) is 3.38. The van der Waals surface area contributed by atoms with Crippen molar-refractivity contribution in [3.05, 3.63) is 58.1 Å². The van der Waals surface area contributed by atoms with Gasteiger partial charge in [-0.1, -0.05) is 36.2 Å². The maximum atomic E-state index is 13.7. The number of methoxy groups -OCH3 is 1. The molecule has 4 atom stereocenters. The second-order valence-electron chi connectivity index (χ2n) is 9.15. The smallest absolute Gasteiger partial charge is 0.328 e. The molecule has 0 radical (unpaired) electrons. The minimum atomic E-state index is -0.487. The number of carbonyl (C=O) groups excluding carboxylic acids is 2. The molecule has 180 valence electrons. The second kappa shape index (κ2) is 8.92. The van der Waals surface area contributed by atoms with Crippen LogP contribution in [0.4, 0.5) is 10.5 Å². The van der Waals surface area contributed by atoms with Crippen molar-refractivity contribution < 1.29 is 14.3 Å². The van der Waals surface area contributed by atoms with Crippen molar-refractivity contribution in [2.24, 2.45) is 5.92 Å². The lowest BCUT2D eigenvalue weighted by molar-refractivity contribution is -0.139. The Morgan fingerprint density at radius 1 is 1.06 bits per heavy atom. The van der Waals surface area contributed by atoms with Crippen LogP contribution in [0.1, 0.15) is 12.5 Å². The molecule has 8 nitrogen and oxygen atoms in total. The molecule has 3 saturated heterocycles. The molecule has 3 fully saturated rings. The molecular formula is C24H27Cl2N5O3. The molecule has 3 aliphatic rings. The molecule has 0 aromatic heterocycles. The predicted octanol–water partition coefficient (Wildman–Crippen LogP) is 3.44. The Morgan fingerprint density at radius 2 is 1.79 bits per heavy atom.